The zero-order chi connectivity index (χ0) is 18.3. The molecule has 26 heavy (non-hydrogen) atoms. The number of rotatable bonds is 2. The molecule has 2 aliphatic heterocycles. The van der Waals surface area contributed by atoms with E-state index in [1.807, 2.05) is 4.90 Å². The van der Waals surface area contributed by atoms with Gasteiger partial charge in [0.05, 0.1) is 22.2 Å². The summed E-state index contributed by atoms with van der Waals surface area (Å²) < 4.78 is 14.0. The Balaban J connectivity index is 1.42. The van der Waals surface area contributed by atoms with Crippen LogP contribution in [-0.4, -0.2) is 52.7 Å². The molecule has 0 aromatic carbocycles. The number of likely N-dealkylation sites (tertiary alicyclic amines) is 1. The average Bonchev–Trinajstić information content (AvgIpc) is 2.95. The molecule has 3 aliphatic rings. The van der Waals surface area contributed by atoms with Gasteiger partial charge in [-0.1, -0.05) is 11.6 Å². The van der Waals surface area contributed by atoms with Crippen molar-refractivity contribution in [2.45, 2.75) is 57.1 Å². The number of anilines is 1. The molecule has 5 nitrogen and oxygen atoms in total. The molecule has 4 rings (SSSR count). The number of amides is 1. The normalized spacial score (nSPS) is 28.8. The minimum absolute atomic E-state index is 0.206. The topological polar surface area (TPSA) is 56.7 Å². The molecule has 3 fully saturated rings. The van der Waals surface area contributed by atoms with E-state index in [4.69, 9.17) is 11.6 Å². The number of carbonyl (C=O) groups is 1. The second kappa shape index (κ2) is 6.97. The third-order valence-electron chi connectivity index (χ3n) is 6.50. The molecular weight excluding hydrogens is 357 g/mol. The van der Waals surface area contributed by atoms with E-state index in [-0.39, 0.29) is 23.5 Å². The van der Waals surface area contributed by atoms with Gasteiger partial charge in [-0.3, -0.25) is 4.79 Å². The van der Waals surface area contributed by atoms with Crippen LogP contribution in [0.25, 0.3) is 0 Å². The first-order chi connectivity index (χ1) is 12.5. The number of hydrogen-bond acceptors (Lipinski definition) is 4. The van der Waals surface area contributed by atoms with E-state index in [0.29, 0.717) is 23.8 Å². The van der Waals surface area contributed by atoms with Gasteiger partial charge in [0, 0.05) is 31.9 Å². The molecule has 1 saturated carbocycles. The van der Waals surface area contributed by atoms with Gasteiger partial charge in [0.1, 0.15) is 0 Å². The van der Waals surface area contributed by atoms with Crippen LogP contribution in [0.4, 0.5) is 10.1 Å². The highest BCUT2D eigenvalue weighted by atomic mass is 35.5. The lowest BCUT2D eigenvalue weighted by molar-refractivity contribution is -0.139. The molecule has 1 spiro atoms. The van der Waals surface area contributed by atoms with Gasteiger partial charge in [-0.25, -0.2) is 4.98 Å². The van der Waals surface area contributed by atoms with Crippen molar-refractivity contribution in [2.75, 3.05) is 24.5 Å². The molecule has 0 atom stereocenters. The zero-order valence-electron chi connectivity index (χ0n) is 14.8. The number of nitrogens with zero attached hydrogens (tertiary/aromatic N) is 3. The Morgan fingerprint density at radius 2 is 1.81 bits per heavy atom. The van der Waals surface area contributed by atoms with E-state index in [1.54, 1.807) is 6.07 Å². The number of hydrogen-bond donors (Lipinski definition) is 1. The van der Waals surface area contributed by atoms with E-state index in [2.05, 4.69) is 9.88 Å². The first-order valence-corrected chi connectivity index (χ1v) is 9.91. The van der Waals surface area contributed by atoms with Gasteiger partial charge in [0.25, 0.3) is 0 Å². The van der Waals surface area contributed by atoms with Gasteiger partial charge in [-0.05, 0) is 51.0 Å². The Morgan fingerprint density at radius 3 is 2.50 bits per heavy atom. The maximum absolute atomic E-state index is 14.0. The molecule has 1 aromatic rings. The fourth-order valence-electron chi connectivity index (χ4n) is 4.84. The standard InChI is InChI=1S/C19H25ClFN3O2/c20-13-11-16(17(21)22-12-13)23-8-5-19(6-9-23)7-10-24(18(19)26)14-1-3-15(25)4-2-14/h11-12,14-15,25H,1-10H2. The summed E-state index contributed by atoms with van der Waals surface area (Å²) in [6.45, 7) is 2.09. The molecule has 1 N–H and O–H groups in total. The number of carbonyl (C=O) groups excluding carboxylic acids is 1. The third kappa shape index (κ3) is 3.18. The van der Waals surface area contributed by atoms with Crippen molar-refractivity contribution in [3.8, 4) is 0 Å². The quantitative estimate of drug-likeness (QED) is 0.800. The SMILES string of the molecule is O=C1N(C2CCC(O)CC2)CCC12CCN(c1cc(Cl)cnc1F)CC2. The minimum Gasteiger partial charge on any atom is -0.393 e. The fourth-order valence-corrected chi connectivity index (χ4v) is 4.99. The van der Waals surface area contributed by atoms with Crippen LogP contribution in [0.3, 0.4) is 0 Å². The van der Waals surface area contributed by atoms with Gasteiger partial charge in [-0.2, -0.15) is 4.39 Å². The average molecular weight is 382 g/mol. The summed E-state index contributed by atoms with van der Waals surface area (Å²) in [4.78, 5) is 20.9. The summed E-state index contributed by atoms with van der Waals surface area (Å²) in [5, 5.41) is 10.1. The Labute approximate surface area is 158 Å². The van der Waals surface area contributed by atoms with Gasteiger partial charge < -0.3 is 14.9 Å². The van der Waals surface area contributed by atoms with Crippen LogP contribution in [0, 0.1) is 11.4 Å². The Hall–Kier alpha value is -1.40. The highest BCUT2D eigenvalue weighted by Crippen LogP contribution is 2.44. The number of piperidine rings is 1. The first-order valence-electron chi connectivity index (χ1n) is 9.54. The van der Waals surface area contributed by atoms with Crippen molar-refractivity contribution in [3.05, 3.63) is 23.2 Å². The summed E-state index contributed by atoms with van der Waals surface area (Å²) in [5.41, 5.74) is 0.130. The Bertz CT molecular complexity index is 685. The van der Waals surface area contributed by atoms with Gasteiger partial charge >= 0.3 is 0 Å². The lowest BCUT2D eigenvalue weighted by Gasteiger charge is -2.40. The molecule has 142 valence electrons. The van der Waals surface area contributed by atoms with Gasteiger partial charge in [-0.15, -0.1) is 0 Å². The summed E-state index contributed by atoms with van der Waals surface area (Å²) in [6.07, 6.45) is 6.84. The van der Waals surface area contributed by atoms with E-state index in [1.165, 1.54) is 6.20 Å². The van der Waals surface area contributed by atoms with Crippen LogP contribution < -0.4 is 4.90 Å². The number of aliphatic hydroxyl groups is 1. The largest absolute Gasteiger partial charge is 0.393 e. The Morgan fingerprint density at radius 1 is 1.15 bits per heavy atom. The van der Waals surface area contributed by atoms with Crippen molar-refractivity contribution in [1.82, 2.24) is 9.88 Å². The summed E-state index contributed by atoms with van der Waals surface area (Å²) in [6, 6.07) is 1.88. The molecule has 0 bridgehead atoms. The summed E-state index contributed by atoms with van der Waals surface area (Å²) in [5.74, 6) is -0.242. The van der Waals surface area contributed by atoms with Crippen LogP contribution in [0.5, 0.6) is 0 Å². The second-order valence-electron chi connectivity index (χ2n) is 7.94. The van der Waals surface area contributed by atoms with E-state index >= 15 is 0 Å². The maximum Gasteiger partial charge on any atom is 0.236 e. The number of aliphatic hydroxyl groups excluding tert-OH is 1. The van der Waals surface area contributed by atoms with Crippen molar-refractivity contribution in [2.24, 2.45) is 5.41 Å². The number of halogens is 2. The van der Waals surface area contributed by atoms with Crippen molar-refractivity contribution in [1.29, 1.82) is 0 Å². The molecular formula is C19H25ClFN3O2. The molecule has 0 unspecified atom stereocenters. The highest BCUT2D eigenvalue weighted by Gasteiger charge is 2.50. The Kier molecular flexibility index (Phi) is 4.82. The third-order valence-corrected chi connectivity index (χ3v) is 6.71. The predicted molar refractivity (Wildman–Crippen MR) is 97.7 cm³/mol. The van der Waals surface area contributed by atoms with E-state index in [0.717, 1.165) is 51.5 Å². The monoisotopic (exact) mass is 381 g/mol. The second-order valence-corrected chi connectivity index (χ2v) is 8.38. The zero-order valence-corrected chi connectivity index (χ0v) is 15.6. The lowest BCUT2D eigenvalue weighted by Crippen LogP contribution is -2.47. The van der Waals surface area contributed by atoms with Crippen LogP contribution >= 0.6 is 11.6 Å². The minimum atomic E-state index is -0.509. The number of pyridine rings is 1. The van der Waals surface area contributed by atoms with Crippen LogP contribution in [0.1, 0.15) is 44.9 Å². The highest BCUT2D eigenvalue weighted by molar-refractivity contribution is 6.30. The first kappa shape index (κ1) is 18.0. The molecule has 3 heterocycles. The van der Waals surface area contributed by atoms with Crippen molar-refractivity contribution in [3.63, 3.8) is 0 Å². The van der Waals surface area contributed by atoms with Crippen molar-refractivity contribution < 1.29 is 14.3 Å². The number of aromatic nitrogens is 1. The molecule has 1 amide bonds. The van der Waals surface area contributed by atoms with Crippen LogP contribution in [0.15, 0.2) is 12.3 Å². The van der Waals surface area contributed by atoms with Crippen LogP contribution in [-0.2, 0) is 4.79 Å². The summed E-state index contributed by atoms with van der Waals surface area (Å²) >= 11 is 5.96. The van der Waals surface area contributed by atoms with Crippen molar-refractivity contribution >= 4 is 23.2 Å². The molecule has 0 radical (unpaired) electrons. The predicted octanol–water partition coefficient (Wildman–Crippen LogP) is 3.00. The van der Waals surface area contributed by atoms with Gasteiger partial charge in [0.2, 0.25) is 11.9 Å². The smallest absolute Gasteiger partial charge is 0.236 e. The molecule has 7 heteroatoms. The molecule has 2 saturated heterocycles. The maximum atomic E-state index is 14.0. The fraction of sp³-hybridized carbons (Fsp3) is 0.684. The van der Waals surface area contributed by atoms with E-state index in [9.17, 15) is 14.3 Å². The molecule has 1 aromatic heterocycles. The van der Waals surface area contributed by atoms with Gasteiger partial charge in [0.15, 0.2) is 0 Å². The van der Waals surface area contributed by atoms with E-state index < -0.39 is 5.95 Å². The van der Waals surface area contributed by atoms with Crippen LogP contribution in [0.2, 0.25) is 5.02 Å². The lowest BCUT2D eigenvalue weighted by atomic mass is 9.77. The summed E-state index contributed by atoms with van der Waals surface area (Å²) in [7, 11) is 0. The molecule has 1 aliphatic carbocycles.